The van der Waals surface area contributed by atoms with E-state index in [4.69, 9.17) is 0 Å². The van der Waals surface area contributed by atoms with Gasteiger partial charge in [0.25, 0.3) is 5.56 Å². The molecule has 2 aromatic heterocycles. The van der Waals surface area contributed by atoms with Crippen molar-refractivity contribution >= 4 is 33.2 Å². The van der Waals surface area contributed by atoms with Crippen LogP contribution in [0.3, 0.4) is 0 Å². The van der Waals surface area contributed by atoms with Gasteiger partial charge < -0.3 is 10.3 Å². The van der Waals surface area contributed by atoms with Crippen molar-refractivity contribution in [2.24, 2.45) is 0 Å². The van der Waals surface area contributed by atoms with Gasteiger partial charge in [-0.25, -0.2) is 0 Å². The Morgan fingerprint density at radius 3 is 2.73 bits per heavy atom. The first kappa shape index (κ1) is 12.6. The number of fused-ring (bicyclic) bond motifs is 2. The lowest BCUT2D eigenvalue weighted by molar-refractivity contribution is 1.30. The molecule has 0 radical (unpaired) electrons. The molecule has 2 heterocycles. The number of benzene rings is 2. The molecule has 0 aliphatic rings. The number of aromatic amines is 1. The zero-order valence-corrected chi connectivity index (χ0v) is 11.7. The third-order valence-electron chi connectivity index (χ3n) is 3.64. The van der Waals surface area contributed by atoms with E-state index in [1.165, 1.54) is 0 Å². The first-order valence-corrected chi connectivity index (χ1v) is 7.03. The third kappa shape index (κ3) is 2.20. The number of hydrogen-bond acceptors (Lipinski definition) is 3. The van der Waals surface area contributed by atoms with E-state index in [1.807, 2.05) is 60.7 Å². The summed E-state index contributed by atoms with van der Waals surface area (Å²) in [6.45, 7) is 0. The zero-order valence-electron chi connectivity index (χ0n) is 11.7. The van der Waals surface area contributed by atoms with Crippen molar-refractivity contribution in [1.82, 2.24) is 9.97 Å². The normalized spacial score (nSPS) is 10.9. The highest BCUT2D eigenvalue weighted by molar-refractivity contribution is 5.85. The first-order chi connectivity index (χ1) is 10.8. The summed E-state index contributed by atoms with van der Waals surface area (Å²) in [6.07, 6.45) is 1.77. The van der Waals surface area contributed by atoms with E-state index in [2.05, 4.69) is 15.3 Å². The van der Waals surface area contributed by atoms with E-state index in [1.54, 1.807) is 6.20 Å². The van der Waals surface area contributed by atoms with Crippen LogP contribution >= 0.6 is 0 Å². The van der Waals surface area contributed by atoms with Crippen LogP contribution in [0.5, 0.6) is 0 Å². The maximum Gasteiger partial charge on any atom is 0.272 e. The van der Waals surface area contributed by atoms with E-state index in [9.17, 15) is 4.79 Å². The maximum absolute atomic E-state index is 12.2. The fraction of sp³-hybridized carbons (Fsp3) is 0. The van der Waals surface area contributed by atoms with Crippen molar-refractivity contribution in [2.75, 3.05) is 5.32 Å². The molecule has 106 valence electrons. The lowest BCUT2D eigenvalue weighted by atomic mass is 10.2. The average molecular weight is 287 g/mol. The minimum atomic E-state index is -0.134. The number of nitrogens with one attached hydrogen (secondary N) is 2. The highest BCUT2D eigenvalue weighted by atomic mass is 16.1. The minimum Gasteiger partial charge on any atom is -0.351 e. The number of anilines is 2. The van der Waals surface area contributed by atoms with Crippen molar-refractivity contribution in [3.8, 4) is 0 Å². The van der Waals surface area contributed by atoms with Crippen LogP contribution in [0, 0.1) is 0 Å². The van der Waals surface area contributed by atoms with Gasteiger partial charge in [0.15, 0.2) is 0 Å². The molecule has 0 saturated carbocycles. The second-order valence-corrected chi connectivity index (χ2v) is 5.14. The maximum atomic E-state index is 12.2. The molecule has 0 aliphatic carbocycles. The van der Waals surface area contributed by atoms with Gasteiger partial charge >= 0.3 is 0 Å². The van der Waals surface area contributed by atoms with Crippen molar-refractivity contribution in [3.63, 3.8) is 0 Å². The van der Waals surface area contributed by atoms with Gasteiger partial charge in [0.1, 0.15) is 5.69 Å². The summed E-state index contributed by atoms with van der Waals surface area (Å²) in [5.74, 6) is 0. The monoisotopic (exact) mass is 287 g/mol. The summed E-state index contributed by atoms with van der Waals surface area (Å²) >= 11 is 0. The molecule has 0 aliphatic heterocycles. The summed E-state index contributed by atoms with van der Waals surface area (Å²) in [7, 11) is 0. The van der Waals surface area contributed by atoms with Crippen molar-refractivity contribution in [3.05, 3.63) is 77.2 Å². The summed E-state index contributed by atoms with van der Waals surface area (Å²) in [5.41, 5.74) is 3.02. The van der Waals surface area contributed by atoms with Crippen LogP contribution in [0.4, 0.5) is 11.4 Å². The van der Waals surface area contributed by atoms with Crippen molar-refractivity contribution in [1.29, 1.82) is 0 Å². The second kappa shape index (κ2) is 5.00. The van der Waals surface area contributed by atoms with Gasteiger partial charge in [0, 0.05) is 28.2 Å². The predicted octanol–water partition coefficient (Wildman–Crippen LogP) is 3.82. The van der Waals surface area contributed by atoms with E-state index in [0.717, 1.165) is 27.5 Å². The zero-order chi connectivity index (χ0) is 14.9. The van der Waals surface area contributed by atoms with Crippen LogP contribution in [0.15, 0.2) is 71.7 Å². The van der Waals surface area contributed by atoms with Crippen LogP contribution in [-0.2, 0) is 0 Å². The Balaban J connectivity index is 1.78. The van der Waals surface area contributed by atoms with Crippen molar-refractivity contribution in [2.45, 2.75) is 0 Å². The van der Waals surface area contributed by atoms with Crippen LogP contribution in [0.1, 0.15) is 0 Å². The van der Waals surface area contributed by atoms with E-state index in [0.29, 0.717) is 5.69 Å². The van der Waals surface area contributed by atoms with Crippen LogP contribution < -0.4 is 10.9 Å². The molecule has 4 aromatic rings. The molecule has 2 aromatic carbocycles. The molecule has 4 nitrogen and oxygen atoms in total. The van der Waals surface area contributed by atoms with Gasteiger partial charge in [-0.15, -0.1) is 0 Å². The quantitative estimate of drug-likeness (QED) is 0.589. The SMILES string of the molecule is O=c1[nH]c2ccccc2cc1Nc1ccc2ncccc2c1. The Kier molecular flexibility index (Phi) is 2.86. The van der Waals surface area contributed by atoms with Gasteiger partial charge in [0.2, 0.25) is 0 Å². The lowest BCUT2D eigenvalue weighted by Gasteiger charge is -2.08. The van der Waals surface area contributed by atoms with Gasteiger partial charge in [-0.05, 0) is 36.4 Å². The molecule has 2 N–H and O–H groups in total. The first-order valence-electron chi connectivity index (χ1n) is 7.03. The van der Waals surface area contributed by atoms with Gasteiger partial charge in [0.05, 0.1) is 5.52 Å². The van der Waals surface area contributed by atoms with Crippen LogP contribution in [0.25, 0.3) is 21.8 Å². The molecule has 0 saturated heterocycles. The van der Waals surface area contributed by atoms with E-state index in [-0.39, 0.29) is 5.56 Å². The molecule has 0 spiro atoms. The Morgan fingerprint density at radius 1 is 0.909 bits per heavy atom. The predicted molar refractivity (Wildman–Crippen MR) is 89.6 cm³/mol. The highest BCUT2D eigenvalue weighted by Gasteiger charge is 2.04. The summed E-state index contributed by atoms with van der Waals surface area (Å²) in [4.78, 5) is 19.3. The van der Waals surface area contributed by atoms with Crippen LogP contribution in [-0.4, -0.2) is 9.97 Å². The van der Waals surface area contributed by atoms with E-state index < -0.39 is 0 Å². The molecule has 22 heavy (non-hydrogen) atoms. The summed E-state index contributed by atoms with van der Waals surface area (Å²) in [6, 6.07) is 19.3. The number of nitrogens with zero attached hydrogens (tertiary/aromatic N) is 1. The number of pyridine rings is 2. The fourth-order valence-electron chi connectivity index (χ4n) is 2.55. The number of hydrogen-bond donors (Lipinski definition) is 2. The smallest absolute Gasteiger partial charge is 0.272 e. The highest BCUT2D eigenvalue weighted by Crippen LogP contribution is 2.21. The molecular weight excluding hydrogens is 274 g/mol. The fourth-order valence-corrected chi connectivity index (χ4v) is 2.55. The Morgan fingerprint density at radius 2 is 1.77 bits per heavy atom. The lowest BCUT2D eigenvalue weighted by Crippen LogP contribution is -2.11. The number of rotatable bonds is 2. The summed E-state index contributed by atoms with van der Waals surface area (Å²) in [5, 5.41) is 5.21. The number of aromatic nitrogens is 2. The molecule has 4 heteroatoms. The number of para-hydroxylation sites is 1. The van der Waals surface area contributed by atoms with Gasteiger partial charge in [-0.3, -0.25) is 9.78 Å². The molecule has 4 rings (SSSR count). The molecule has 0 bridgehead atoms. The Bertz CT molecular complexity index is 1040. The Labute approximate surface area is 126 Å². The summed E-state index contributed by atoms with van der Waals surface area (Å²) < 4.78 is 0. The molecule has 0 unspecified atom stereocenters. The Hall–Kier alpha value is -3.14. The van der Waals surface area contributed by atoms with E-state index >= 15 is 0 Å². The molecule has 0 fully saturated rings. The number of H-pyrrole nitrogens is 1. The third-order valence-corrected chi connectivity index (χ3v) is 3.64. The standard InChI is InChI=1S/C18H13N3O/c22-18-17(11-13-4-1-2-6-16(13)21-18)20-14-7-8-15-12(10-14)5-3-9-19-15/h1-11,20H,(H,21,22). The molecule has 0 atom stereocenters. The largest absolute Gasteiger partial charge is 0.351 e. The molecular formula is C18H13N3O. The van der Waals surface area contributed by atoms with Gasteiger partial charge in [-0.1, -0.05) is 24.3 Å². The minimum absolute atomic E-state index is 0.134. The second-order valence-electron chi connectivity index (χ2n) is 5.14. The topological polar surface area (TPSA) is 57.8 Å². The van der Waals surface area contributed by atoms with Crippen molar-refractivity contribution < 1.29 is 0 Å². The van der Waals surface area contributed by atoms with Crippen LogP contribution in [0.2, 0.25) is 0 Å². The molecule has 0 amide bonds. The average Bonchev–Trinajstić information content (AvgIpc) is 2.55. The van der Waals surface area contributed by atoms with Gasteiger partial charge in [-0.2, -0.15) is 0 Å².